The second kappa shape index (κ2) is 3.71. The lowest BCUT2D eigenvalue weighted by atomic mass is 10.2. The van der Waals surface area contributed by atoms with Crippen molar-refractivity contribution in [2.24, 2.45) is 0 Å². The number of carbonyl (C=O) groups is 1. The van der Waals surface area contributed by atoms with E-state index in [2.05, 4.69) is 51.8 Å². The van der Waals surface area contributed by atoms with Crippen molar-refractivity contribution in [1.29, 1.82) is 0 Å². The fourth-order valence-electron chi connectivity index (χ4n) is 3.05. The van der Waals surface area contributed by atoms with Gasteiger partial charge < -0.3 is 4.90 Å². The molecule has 2 aliphatic heterocycles. The predicted octanol–water partition coefficient (Wildman–Crippen LogP) is 3.35. The maximum atomic E-state index is 11.9. The van der Waals surface area contributed by atoms with Gasteiger partial charge in [0.05, 0.1) is 14.1 Å². The summed E-state index contributed by atoms with van der Waals surface area (Å²) in [7, 11) is -1.46. The highest BCUT2D eigenvalue weighted by Gasteiger charge is 2.48. The Morgan fingerprint density at radius 3 is 2.41 bits per heavy atom. The number of hydrogen-bond acceptors (Lipinski definition) is 1. The lowest BCUT2D eigenvalue weighted by Crippen LogP contribution is -2.46. The standard InChI is InChI=1S/C14H25NOSi/c1-10-12(17(5,6)14(2,3)4)9-11-7-8-13(16)15(10)11/h9-11H,7-8H2,1-6H3/t10-,11-/m1/s1. The summed E-state index contributed by atoms with van der Waals surface area (Å²) in [4.78, 5) is 14.0. The van der Waals surface area contributed by atoms with Gasteiger partial charge in [-0.3, -0.25) is 4.79 Å². The molecule has 2 atom stereocenters. The van der Waals surface area contributed by atoms with Crippen molar-refractivity contribution < 1.29 is 4.79 Å². The van der Waals surface area contributed by atoms with Crippen LogP contribution in [0, 0.1) is 0 Å². The molecule has 0 saturated carbocycles. The Bertz CT molecular complexity index is 378. The van der Waals surface area contributed by atoms with E-state index in [0.29, 0.717) is 23.0 Å². The van der Waals surface area contributed by atoms with Crippen LogP contribution in [0.5, 0.6) is 0 Å². The van der Waals surface area contributed by atoms with Crippen LogP contribution < -0.4 is 0 Å². The minimum Gasteiger partial charge on any atom is -0.330 e. The molecule has 1 saturated heterocycles. The molecule has 0 aromatic rings. The highest BCUT2D eigenvalue weighted by molar-refractivity contribution is 6.87. The summed E-state index contributed by atoms with van der Waals surface area (Å²) in [6, 6.07) is 0.748. The van der Waals surface area contributed by atoms with E-state index < -0.39 is 8.07 Å². The molecule has 2 nitrogen and oxygen atoms in total. The van der Waals surface area contributed by atoms with E-state index in [1.165, 1.54) is 0 Å². The van der Waals surface area contributed by atoms with Gasteiger partial charge >= 0.3 is 0 Å². The van der Waals surface area contributed by atoms with E-state index in [9.17, 15) is 4.79 Å². The van der Waals surface area contributed by atoms with Gasteiger partial charge in [0.25, 0.3) is 0 Å². The molecule has 2 heterocycles. The van der Waals surface area contributed by atoms with Crippen LogP contribution in [-0.2, 0) is 4.79 Å². The van der Waals surface area contributed by atoms with Crippen LogP contribution in [0.1, 0.15) is 40.5 Å². The van der Waals surface area contributed by atoms with Gasteiger partial charge in [-0.25, -0.2) is 0 Å². The first kappa shape index (κ1) is 12.9. The number of nitrogens with zero attached hydrogens (tertiary/aromatic N) is 1. The summed E-state index contributed by atoms with van der Waals surface area (Å²) >= 11 is 0. The number of amides is 1. The van der Waals surface area contributed by atoms with Crippen LogP contribution in [-0.4, -0.2) is 31.0 Å². The molecule has 2 aliphatic rings. The second-order valence-corrected chi connectivity index (χ2v) is 12.4. The third-order valence-electron chi connectivity index (χ3n) is 5.14. The quantitative estimate of drug-likeness (QED) is 0.654. The summed E-state index contributed by atoms with van der Waals surface area (Å²) in [6.07, 6.45) is 4.20. The van der Waals surface area contributed by atoms with Crippen molar-refractivity contribution in [3.63, 3.8) is 0 Å². The third kappa shape index (κ3) is 1.79. The van der Waals surface area contributed by atoms with Gasteiger partial charge in [0.2, 0.25) is 5.91 Å². The molecule has 17 heavy (non-hydrogen) atoms. The van der Waals surface area contributed by atoms with Crippen LogP contribution in [0.2, 0.25) is 18.1 Å². The summed E-state index contributed by atoms with van der Waals surface area (Å²) < 4.78 is 0. The lowest BCUT2D eigenvalue weighted by molar-refractivity contribution is -0.129. The van der Waals surface area contributed by atoms with Crippen molar-refractivity contribution in [1.82, 2.24) is 4.90 Å². The molecule has 1 amide bonds. The van der Waals surface area contributed by atoms with Crippen molar-refractivity contribution in [3.05, 3.63) is 11.3 Å². The van der Waals surface area contributed by atoms with Crippen molar-refractivity contribution in [2.75, 3.05) is 0 Å². The Kier molecular flexibility index (Phi) is 2.81. The average Bonchev–Trinajstić information content (AvgIpc) is 2.67. The Morgan fingerprint density at radius 1 is 1.35 bits per heavy atom. The van der Waals surface area contributed by atoms with Crippen LogP contribution in [0.25, 0.3) is 0 Å². The summed E-state index contributed by atoms with van der Waals surface area (Å²) in [5, 5.41) is 1.94. The van der Waals surface area contributed by atoms with Crippen LogP contribution in [0.15, 0.2) is 11.3 Å². The van der Waals surface area contributed by atoms with Gasteiger partial charge in [0.15, 0.2) is 0 Å². The summed E-state index contributed by atoms with van der Waals surface area (Å²) in [5.41, 5.74) is 0. The zero-order valence-electron chi connectivity index (χ0n) is 12.0. The van der Waals surface area contributed by atoms with E-state index >= 15 is 0 Å². The Labute approximate surface area is 106 Å². The molecule has 0 spiro atoms. The fourth-order valence-corrected chi connectivity index (χ4v) is 5.71. The zero-order valence-corrected chi connectivity index (χ0v) is 13.0. The molecular weight excluding hydrogens is 226 g/mol. The zero-order chi connectivity index (χ0) is 13.0. The van der Waals surface area contributed by atoms with Crippen molar-refractivity contribution in [3.8, 4) is 0 Å². The number of carbonyl (C=O) groups excluding carboxylic acids is 1. The second-order valence-electron chi connectivity index (χ2n) is 7.08. The lowest BCUT2D eigenvalue weighted by Gasteiger charge is -2.41. The van der Waals surface area contributed by atoms with Gasteiger partial charge in [0, 0.05) is 12.5 Å². The molecule has 96 valence electrons. The van der Waals surface area contributed by atoms with Gasteiger partial charge in [-0.2, -0.15) is 0 Å². The molecule has 0 aromatic heterocycles. The minimum atomic E-state index is -1.46. The Balaban J connectivity index is 2.33. The summed E-state index contributed by atoms with van der Waals surface area (Å²) in [5.74, 6) is 0.354. The van der Waals surface area contributed by atoms with Gasteiger partial charge in [-0.1, -0.05) is 45.1 Å². The Morgan fingerprint density at radius 2 is 1.94 bits per heavy atom. The van der Waals surface area contributed by atoms with E-state index in [1.807, 2.05) is 0 Å². The fraction of sp³-hybridized carbons (Fsp3) is 0.786. The SMILES string of the molecule is C[C@@H]1C([Si](C)(C)C(C)(C)C)=C[C@H]2CCC(=O)N12. The molecule has 2 rings (SSSR count). The molecule has 0 unspecified atom stereocenters. The summed E-state index contributed by atoms with van der Waals surface area (Å²) in [6.45, 7) is 14.1. The first-order valence-corrected chi connectivity index (χ1v) is 9.69. The van der Waals surface area contributed by atoms with Crippen LogP contribution >= 0.6 is 0 Å². The first-order chi connectivity index (χ1) is 7.66. The molecule has 0 aliphatic carbocycles. The minimum absolute atomic E-state index is 0.343. The number of rotatable bonds is 1. The highest BCUT2D eigenvalue weighted by Crippen LogP contribution is 2.46. The van der Waals surface area contributed by atoms with Crippen LogP contribution in [0.4, 0.5) is 0 Å². The molecule has 0 bridgehead atoms. The molecular formula is C14H25NOSi. The van der Waals surface area contributed by atoms with Crippen molar-refractivity contribution >= 4 is 14.0 Å². The molecule has 0 radical (unpaired) electrons. The highest BCUT2D eigenvalue weighted by atomic mass is 28.3. The van der Waals surface area contributed by atoms with Gasteiger partial charge in [-0.15, -0.1) is 0 Å². The molecule has 0 N–H and O–H groups in total. The maximum Gasteiger partial charge on any atom is 0.223 e. The van der Waals surface area contributed by atoms with E-state index in [1.54, 1.807) is 5.20 Å². The smallest absolute Gasteiger partial charge is 0.223 e. The largest absolute Gasteiger partial charge is 0.330 e. The monoisotopic (exact) mass is 251 g/mol. The van der Waals surface area contributed by atoms with Gasteiger partial charge in [-0.05, 0) is 18.4 Å². The van der Waals surface area contributed by atoms with E-state index in [4.69, 9.17) is 0 Å². The topological polar surface area (TPSA) is 20.3 Å². The van der Waals surface area contributed by atoms with E-state index in [-0.39, 0.29) is 0 Å². The predicted molar refractivity (Wildman–Crippen MR) is 74.6 cm³/mol. The maximum absolute atomic E-state index is 11.9. The first-order valence-electron chi connectivity index (χ1n) is 6.69. The Hall–Kier alpha value is -0.573. The van der Waals surface area contributed by atoms with Crippen molar-refractivity contribution in [2.45, 2.75) is 70.8 Å². The molecule has 3 heteroatoms. The van der Waals surface area contributed by atoms with Gasteiger partial charge in [0.1, 0.15) is 0 Å². The average molecular weight is 251 g/mol. The molecule has 1 fully saturated rings. The molecule has 0 aromatic carbocycles. The van der Waals surface area contributed by atoms with Crippen LogP contribution in [0.3, 0.4) is 0 Å². The van der Waals surface area contributed by atoms with E-state index in [0.717, 1.165) is 12.8 Å². The normalized spacial score (nSPS) is 29.6. The number of hydrogen-bond donors (Lipinski definition) is 0. The number of fused-ring (bicyclic) bond motifs is 1. The third-order valence-corrected chi connectivity index (χ3v) is 10.9.